The van der Waals surface area contributed by atoms with Gasteiger partial charge in [-0.05, 0) is 38.4 Å². The van der Waals surface area contributed by atoms with E-state index in [2.05, 4.69) is 41.4 Å². The second-order valence-electron chi connectivity index (χ2n) is 5.86. The Hall–Kier alpha value is -1.39. The summed E-state index contributed by atoms with van der Waals surface area (Å²) < 4.78 is 0. The van der Waals surface area contributed by atoms with Crippen LogP contribution < -0.4 is 11.1 Å². The molecule has 110 valence electrons. The quantitative estimate of drug-likeness (QED) is 0.857. The van der Waals surface area contributed by atoms with Gasteiger partial charge in [-0.25, -0.2) is 0 Å². The lowest BCUT2D eigenvalue weighted by molar-refractivity contribution is -0.129. The first kappa shape index (κ1) is 15.0. The van der Waals surface area contributed by atoms with E-state index in [0.717, 1.165) is 25.9 Å². The van der Waals surface area contributed by atoms with Gasteiger partial charge in [0.25, 0.3) is 0 Å². The molecule has 2 unspecified atom stereocenters. The van der Waals surface area contributed by atoms with Gasteiger partial charge in [0.1, 0.15) is 0 Å². The number of carbonyl (C=O) groups excluding carboxylic acids is 1. The molecule has 0 spiro atoms. The number of nitrogens with two attached hydrogens (primary N) is 1. The summed E-state index contributed by atoms with van der Waals surface area (Å²) in [5, 5.41) is 2.79. The van der Waals surface area contributed by atoms with Gasteiger partial charge >= 0.3 is 0 Å². The van der Waals surface area contributed by atoms with E-state index in [1.807, 2.05) is 6.07 Å². The molecule has 1 saturated heterocycles. The van der Waals surface area contributed by atoms with E-state index in [9.17, 15) is 4.79 Å². The Morgan fingerprint density at radius 3 is 2.75 bits per heavy atom. The summed E-state index contributed by atoms with van der Waals surface area (Å²) in [6.07, 6.45) is 1.83. The maximum absolute atomic E-state index is 12.0. The van der Waals surface area contributed by atoms with Crippen LogP contribution >= 0.6 is 0 Å². The van der Waals surface area contributed by atoms with E-state index in [4.69, 9.17) is 5.73 Å². The number of nitrogens with zero attached hydrogens (tertiary/aromatic N) is 1. The Morgan fingerprint density at radius 2 is 2.15 bits per heavy atom. The van der Waals surface area contributed by atoms with Crippen LogP contribution in [-0.2, 0) is 4.79 Å². The van der Waals surface area contributed by atoms with Gasteiger partial charge in [-0.3, -0.25) is 9.69 Å². The van der Waals surface area contributed by atoms with Crippen molar-refractivity contribution in [2.45, 2.75) is 25.8 Å². The van der Waals surface area contributed by atoms with Crippen molar-refractivity contribution >= 4 is 5.91 Å². The Balaban J connectivity index is 2.15. The van der Waals surface area contributed by atoms with Gasteiger partial charge in [0, 0.05) is 19.6 Å². The lowest BCUT2D eigenvalue weighted by Crippen LogP contribution is -2.40. The first-order valence-corrected chi connectivity index (χ1v) is 7.32. The minimum Gasteiger partial charge on any atom is -0.359 e. The van der Waals surface area contributed by atoms with Crippen LogP contribution in [-0.4, -0.2) is 37.5 Å². The van der Waals surface area contributed by atoms with Gasteiger partial charge in [0.15, 0.2) is 0 Å². The number of likely N-dealkylation sites (tertiary alicyclic amines) is 1. The van der Waals surface area contributed by atoms with Crippen LogP contribution in [0.15, 0.2) is 30.3 Å². The SMILES string of the molecule is CNC(=O)C1(C)CCN(C(CCN)c2ccccc2)C1. The second kappa shape index (κ2) is 6.37. The number of benzene rings is 1. The van der Waals surface area contributed by atoms with Crippen LogP contribution in [0.1, 0.15) is 31.4 Å². The molecule has 1 heterocycles. The molecule has 1 aliphatic rings. The van der Waals surface area contributed by atoms with E-state index in [-0.39, 0.29) is 11.3 Å². The molecule has 1 amide bonds. The smallest absolute Gasteiger partial charge is 0.227 e. The van der Waals surface area contributed by atoms with Crippen molar-refractivity contribution in [2.24, 2.45) is 11.1 Å². The molecule has 0 aliphatic carbocycles. The topological polar surface area (TPSA) is 58.4 Å². The van der Waals surface area contributed by atoms with E-state index >= 15 is 0 Å². The average molecular weight is 275 g/mol. The maximum atomic E-state index is 12.0. The van der Waals surface area contributed by atoms with Crippen LogP contribution in [0.4, 0.5) is 0 Å². The van der Waals surface area contributed by atoms with E-state index < -0.39 is 0 Å². The third-order valence-electron chi connectivity index (χ3n) is 4.34. The lowest BCUT2D eigenvalue weighted by Gasteiger charge is -2.30. The van der Waals surface area contributed by atoms with E-state index in [1.54, 1.807) is 7.05 Å². The van der Waals surface area contributed by atoms with Gasteiger partial charge in [0.2, 0.25) is 5.91 Å². The number of hydrogen-bond donors (Lipinski definition) is 2. The molecule has 0 aromatic heterocycles. The predicted octanol–water partition coefficient (Wildman–Crippen LogP) is 1.53. The molecule has 4 nitrogen and oxygen atoms in total. The molecule has 1 fully saturated rings. The molecule has 0 saturated carbocycles. The zero-order valence-electron chi connectivity index (χ0n) is 12.4. The molecular formula is C16H25N3O. The summed E-state index contributed by atoms with van der Waals surface area (Å²) in [7, 11) is 1.71. The average Bonchev–Trinajstić information content (AvgIpc) is 2.88. The van der Waals surface area contributed by atoms with Crippen molar-refractivity contribution in [3.8, 4) is 0 Å². The van der Waals surface area contributed by atoms with Gasteiger partial charge in [-0.2, -0.15) is 0 Å². The van der Waals surface area contributed by atoms with Crippen molar-refractivity contribution in [2.75, 3.05) is 26.7 Å². The Bertz CT molecular complexity index is 448. The lowest BCUT2D eigenvalue weighted by atomic mass is 9.88. The molecule has 0 bridgehead atoms. The van der Waals surface area contributed by atoms with Gasteiger partial charge < -0.3 is 11.1 Å². The standard InChI is InChI=1S/C16H25N3O/c1-16(15(20)18-2)9-11-19(12-16)14(8-10-17)13-6-4-3-5-7-13/h3-7,14H,8-12,17H2,1-2H3,(H,18,20). The van der Waals surface area contributed by atoms with Crippen LogP contribution in [0.25, 0.3) is 0 Å². The second-order valence-corrected chi connectivity index (χ2v) is 5.86. The van der Waals surface area contributed by atoms with Gasteiger partial charge in [0.05, 0.1) is 5.41 Å². The summed E-state index contributed by atoms with van der Waals surface area (Å²) in [4.78, 5) is 14.4. The number of rotatable bonds is 5. The van der Waals surface area contributed by atoms with Crippen molar-refractivity contribution in [3.05, 3.63) is 35.9 Å². The minimum atomic E-state index is -0.281. The number of nitrogens with one attached hydrogen (secondary N) is 1. The predicted molar refractivity (Wildman–Crippen MR) is 81.2 cm³/mol. The van der Waals surface area contributed by atoms with Crippen LogP contribution in [0, 0.1) is 5.41 Å². The molecule has 3 N–H and O–H groups in total. The highest BCUT2D eigenvalue weighted by Gasteiger charge is 2.41. The highest BCUT2D eigenvalue weighted by atomic mass is 16.2. The van der Waals surface area contributed by atoms with Crippen molar-refractivity contribution in [1.29, 1.82) is 0 Å². The van der Waals surface area contributed by atoms with Crippen LogP contribution in [0.3, 0.4) is 0 Å². The molecule has 4 heteroatoms. The van der Waals surface area contributed by atoms with Crippen LogP contribution in [0.2, 0.25) is 0 Å². The maximum Gasteiger partial charge on any atom is 0.227 e. The first-order valence-electron chi connectivity index (χ1n) is 7.32. The zero-order chi connectivity index (χ0) is 14.6. The molecule has 0 radical (unpaired) electrons. The first-order chi connectivity index (χ1) is 9.60. The fraction of sp³-hybridized carbons (Fsp3) is 0.562. The molecule has 1 aliphatic heterocycles. The van der Waals surface area contributed by atoms with E-state index in [1.165, 1.54) is 5.56 Å². The van der Waals surface area contributed by atoms with E-state index in [0.29, 0.717) is 12.6 Å². The minimum absolute atomic E-state index is 0.138. The normalized spacial score (nSPS) is 24.6. The van der Waals surface area contributed by atoms with Gasteiger partial charge in [-0.1, -0.05) is 30.3 Å². The molecule has 2 atom stereocenters. The number of hydrogen-bond acceptors (Lipinski definition) is 3. The zero-order valence-corrected chi connectivity index (χ0v) is 12.4. The van der Waals surface area contributed by atoms with Crippen molar-refractivity contribution in [1.82, 2.24) is 10.2 Å². The summed E-state index contributed by atoms with van der Waals surface area (Å²) in [6.45, 7) is 4.46. The van der Waals surface area contributed by atoms with Crippen molar-refractivity contribution < 1.29 is 4.79 Å². The molecule has 1 aromatic carbocycles. The molecule has 1 aromatic rings. The highest BCUT2D eigenvalue weighted by Crippen LogP contribution is 2.36. The summed E-state index contributed by atoms with van der Waals surface area (Å²) in [5.41, 5.74) is 6.79. The third-order valence-corrected chi connectivity index (χ3v) is 4.34. The number of amides is 1. The number of carbonyl (C=O) groups is 1. The Morgan fingerprint density at radius 1 is 1.45 bits per heavy atom. The Labute approximate surface area is 121 Å². The van der Waals surface area contributed by atoms with Gasteiger partial charge in [-0.15, -0.1) is 0 Å². The summed E-state index contributed by atoms with van der Waals surface area (Å²) in [5.74, 6) is 0.138. The molecule has 2 rings (SSSR count). The molecule has 20 heavy (non-hydrogen) atoms. The largest absolute Gasteiger partial charge is 0.359 e. The van der Waals surface area contributed by atoms with Crippen molar-refractivity contribution in [3.63, 3.8) is 0 Å². The third kappa shape index (κ3) is 3.02. The van der Waals surface area contributed by atoms with Crippen LogP contribution in [0.5, 0.6) is 0 Å². The summed E-state index contributed by atoms with van der Waals surface area (Å²) in [6, 6.07) is 10.8. The highest BCUT2D eigenvalue weighted by molar-refractivity contribution is 5.82. The monoisotopic (exact) mass is 275 g/mol. The fourth-order valence-corrected chi connectivity index (χ4v) is 3.14. The molecular weight excluding hydrogens is 250 g/mol. The fourth-order valence-electron chi connectivity index (χ4n) is 3.14. The Kier molecular flexibility index (Phi) is 4.78. The summed E-state index contributed by atoms with van der Waals surface area (Å²) >= 11 is 0.